The summed E-state index contributed by atoms with van der Waals surface area (Å²) in [5.74, 6) is 0. The van der Waals surface area contributed by atoms with Crippen molar-refractivity contribution in [1.29, 1.82) is 0 Å². The second-order valence-corrected chi connectivity index (χ2v) is 3.54. The van der Waals surface area contributed by atoms with E-state index in [-0.39, 0.29) is 0 Å². The zero-order chi connectivity index (χ0) is 13.4. The fourth-order valence-corrected chi connectivity index (χ4v) is 1.95. The molecule has 0 spiro atoms. The van der Waals surface area contributed by atoms with E-state index in [1.165, 1.54) is 22.2 Å². The first kappa shape index (κ1) is 14.3. The molecule has 1 N–H and O–H groups in total. The van der Waals surface area contributed by atoms with Gasteiger partial charge in [-0.25, -0.2) is 0 Å². The van der Waals surface area contributed by atoms with Gasteiger partial charge < -0.3 is 4.98 Å². The van der Waals surface area contributed by atoms with Crippen LogP contribution in [-0.2, 0) is 0 Å². The number of hydrogen-bond acceptors (Lipinski definition) is 0. The Morgan fingerprint density at radius 2 is 1.56 bits per heavy atom. The maximum atomic E-state index is 3.42. The second kappa shape index (κ2) is 7.54. The van der Waals surface area contributed by atoms with E-state index in [1.54, 1.807) is 0 Å². The molecule has 0 aliphatic heterocycles. The van der Waals surface area contributed by atoms with Crippen LogP contribution in [-0.4, -0.2) is 4.98 Å². The largest absolute Gasteiger partial charge is 0.355 e. The van der Waals surface area contributed by atoms with Gasteiger partial charge in [-0.3, -0.25) is 0 Å². The van der Waals surface area contributed by atoms with Crippen LogP contribution in [0.25, 0.3) is 23.1 Å². The molecular formula is C17H23N. The molecule has 1 aliphatic rings. The third-order valence-corrected chi connectivity index (χ3v) is 2.62. The number of para-hydroxylation sites is 1. The van der Waals surface area contributed by atoms with Crippen molar-refractivity contribution < 1.29 is 0 Å². The Hall–Kier alpha value is -1.76. The van der Waals surface area contributed by atoms with Crippen molar-refractivity contribution in [1.82, 2.24) is 4.98 Å². The number of aromatic nitrogens is 1. The molecule has 3 rings (SSSR count). The SMILES string of the molecule is C1=Cc2[nH]c3ccccc3c2C=CC1.CC.CC. The van der Waals surface area contributed by atoms with Crippen LogP contribution in [0.2, 0.25) is 0 Å². The minimum Gasteiger partial charge on any atom is -0.355 e. The van der Waals surface area contributed by atoms with Crippen LogP contribution < -0.4 is 0 Å². The molecule has 0 saturated heterocycles. The summed E-state index contributed by atoms with van der Waals surface area (Å²) in [6.07, 6.45) is 9.76. The van der Waals surface area contributed by atoms with Gasteiger partial charge in [0.25, 0.3) is 0 Å². The zero-order valence-electron chi connectivity index (χ0n) is 11.8. The summed E-state index contributed by atoms with van der Waals surface area (Å²) < 4.78 is 0. The normalized spacial score (nSPS) is 11.8. The topological polar surface area (TPSA) is 15.8 Å². The van der Waals surface area contributed by atoms with Crippen LogP contribution in [0.15, 0.2) is 36.4 Å². The maximum absolute atomic E-state index is 3.42. The molecular weight excluding hydrogens is 218 g/mol. The Kier molecular flexibility index (Phi) is 5.99. The van der Waals surface area contributed by atoms with Crippen molar-refractivity contribution in [2.45, 2.75) is 34.1 Å². The summed E-state index contributed by atoms with van der Waals surface area (Å²) in [5.41, 5.74) is 3.75. The Morgan fingerprint density at radius 1 is 0.889 bits per heavy atom. The van der Waals surface area contributed by atoms with Gasteiger partial charge in [-0.2, -0.15) is 0 Å². The first-order valence-corrected chi connectivity index (χ1v) is 6.89. The molecule has 0 atom stereocenters. The Balaban J connectivity index is 0.000000371. The number of benzene rings is 1. The molecule has 0 bridgehead atoms. The number of hydrogen-bond donors (Lipinski definition) is 1. The van der Waals surface area contributed by atoms with Gasteiger partial charge >= 0.3 is 0 Å². The summed E-state index contributed by atoms with van der Waals surface area (Å²) in [7, 11) is 0. The summed E-state index contributed by atoms with van der Waals surface area (Å²) in [6, 6.07) is 8.42. The van der Waals surface area contributed by atoms with Crippen molar-refractivity contribution in [3.05, 3.63) is 47.7 Å². The van der Waals surface area contributed by atoms with Gasteiger partial charge in [0.05, 0.1) is 0 Å². The summed E-state index contributed by atoms with van der Waals surface area (Å²) in [6.45, 7) is 8.00. The van der Waals surface area contributed by atoms with E-state index in [2.05, 4.69) is 53.6 Å². The fraction of sp³-hybridized carbons (Fsp3) is 0.294. The van der Waals surface area contributed by atoms with Crippen molar-refractivity contribution in [3.8, 4) is 0 Å². The van der Waals surface area contributed by atoms with Crippen LogP contribution in [0.3, 0.4) is 0 Å². The van der Waals surface area contributed by atoms with Crippen molar-refractivity contribution in [2.75, 3.05) is 0 Å². The van der Waals surface area contributed by atoms with Gasteiger partial charge in [-0.05, 0) is 18.6 Å². The molecule has 1 aromatic carbocycles. The molecule has 96 valence electrons. The van der Waals surface area contributed by atoms with Gasteiger partial charge in [0.15, 0.2) is 0 Å². The first-order chi connectivity index (χ1) is 8.95. The summed E-state index contributed by atoms with van der Waals surface area (Å²) in [5, 5.41) is 1.31. The Bertz CT molecular complexity index is 530. The van der Waals surface area contributed by atoms with Crippen LogP contribution in [0.1, 0.15) is 45.4 Å². The average Bonchev–Trinajstić information content (AvgIpc) is 2.65. The lowest BCUT2D eigenvalue weighted by molar-refractivity contribution is 1.41. The molecule has 0 saturated carbocycles. The molecule has 0 radical (unpaired) electrons. The highest BCUT2D eigenvalue weighted by atomic mass is 14.7. The molecule has 0 fully saturated rings. The minimum absolute atomic E-state index is 1.02. The number of fused-ring (bicyclic) bond motifs is 3. The van der Waals surface area contributed by atoms with Crippen LogP contribution in [0.4, 0.5) is 0 Å². The van der Waals surface area contributed by atoms with Crippen molar-refractivity contribution in [2.24, 2.45) is 0 Å². The highest BCUT2D eigenvalue weighted by Crippen LogP contribution is 2.26. The van der Waals surface area contributed by atoms with E-state index in [1.807, 2.05) is 27.7 Å². The van der Waals surface area contributed by atoms with E-state index >= 15 is 0 Å². The highest BCUT2D eigenvalue weighted by Gasteiger charge is 2.06. The van der Waals surface area contributed by atoms with E-state index in [0.29, 0.717) is 0 Å². The molecule has 1 aliphatic carbocycles. The van der Waals surface area contributed by atoms with Crippen LogP contribution >= 0.6 is 0 Å². The quantitative estimate of drug-likeness (QED) is 0.613. The van der Waals surface area contributed by atoms with E-state index in [9.17, 15) is 0 Å². The van der Waals surface area contributed by atoms with Crippen molar-refractivity contribution >= 4 is 23.1 Å². The summed E-state index contributed by atoms with van der Waals surface area (Å²) in [4.78, 5) is 3.42. The zero-order valence-corrected chi connectivity index (χ0v) is 11.8. The molecule has 18 heavy (non-hydrogen) atoms. The lowest BCUT2D eigenvalue weighted by atomic mass is 10.1. The third-order valence-electron chi connectivity index (χ3n) is 2.62. The maximum Gasteiger partial charge on any atom is 0.0464 e. The number of nitrogens with one attached hydrogen (secondary N) is 1. The van der Waals surface area contributed by atoms with E-state index in [0.717, 1.165) is 6.42 Å². The average molecular weight is 241 g/mol. The Labute approximate surface area is 110 Å². The van der Waals surface area contributed by atoms with Gasteiger partial charge in [-0.15, -0.1) is 0 Å². The predicted octanol–water partition coefficient (Wildman–Crippen LogP) is 5.65. The van der Waals surface area contributed by atoms with Crippen LogP contribution in [0, 0.1) is 0 Å². The third kappa shape index (κ3) is 2.92. The molecule has 1 heterocycles. The van der Waals surface area contributed by atoms with Gasteiger partial charge in [-0.1, -0.05) is 64.1 Å². The second-order valence-electron chi connectivity index (χ2n) is 3.54. The van der Waals surface area contributed by atoms with Gasteiger partial charge in [0.2, 0.25) is 0 Å². The van der Waals surface area contributed by atoms with Gasteiger partial charge in [0, 0.05) is 22.2 Å². The molecule has 0 unspecified atom stereocenters. The smallest absolute Gasteiger partial charge is 0.0464 e. The monoisotopic (exact) mass is 241 g/mol. The van der Waals surface area contributed by atoms with Crippen molar-refractivity contribution in [3.63, 3.8) is 0 Å². The Morgan fingerprint density at radius 3 is 2.33 bits per heavy atom. The van der Waals surface area contributed by atoms with Crippen LogP contribution in [0.5, 0.6) is 0 Å². The number of allylic oxidation sites excluding steroid dienone is 2. The fourth-order valence-electron chi connectivity index (χ4n) is 1.95. The van der Waals surface area contributed by atoms with E-state index < -0.39 is 0 Å². The predicted molar refractivity (Wildman–Crippen MR) is 83.7 cm³/mol. The van der Waals surface area contributed by atoms with Gasteiger partial charge in [0.1, 0.15) is 0 Å². The highest BCUT2D eigenvalue weighted by molar-refractivity contribution is 5.93. The molecule has 1 nitrogen and oxygen atoms in total. The number of H-pyrrole nitrogens is 1. The molecule has 1 heteroatoms. The molecule has 1 aromatic heterocycles. The lowest BCUT2D eigenvalue weighted by Gasteiger charge is -1.90. The summed E-state index contributed by atoms with van der Waals surface area (Å²) >= 11 is 0. The lowest BCUT2D eigenvalue weighted by Crippen LogP contribution is -1.72. The standard InChI is InChI=1S/C13H11N.2C2H6/c1-2-6-10-11-7-4-5-9-13(11)14-12(10)8-3-1;2*1-2/h2-9,14H,1H2;2*1-2H3. The first-order valence-electron chi connectivity index (χ1n) is 6.89. The number of rotatable bonds is 0. The minimum atomic E-state index is 1.02. The number of aromatic amines is 1. The molecule has 0 amide bonds. The van der Waals surface area contributed by atoms with E-state index in [4.69, 9.17) is 0 Å². The molecule has 2 aromatic rings.